The lowest BCUT2D eigenvalue weighted by molar-refractivity contribution is -0.0652. The van der Waals surface area contributed by atoms with Crippen molar-refractivity contribution in [1.82, 2.24) is 10.0 Å². The second-order valence-electron chi connectivity index (χ2n) is 5.64. The van der Waals surface area contributed by atoms with Crippen LogP contribution >= 0.6 is 0 Å². The lowest BCUT2D eigenvalue weighted by atomic mass is 10.0. The second kappa shape index (κ2) is 7.70. The Balaban J connectivity index is 1.81. The molecule has 1 amide bonds. The Morgan fingerprint density at radius 1 is 0.920 bits per heavy atom. The summed E-state index contributed by atoms with van der Waals surface area (Å²) in [6, 6.07) is 20.1. The van der Waals surface area contributed by atoms with Gasteiger partial charge in [-0.05, 0) is 40.5 Å². The minimum atomic E-state index is -0.566. The maximum absolute atomic E-state index is 12.4. The molecule has 126 valence electrons. The normalized spacial score (nSPS) is 10.5. The van der Waals surface area contributed by atoms with Gasteiger partial charge in [0.15, 0.2) is 0 Å². The third kappa shape index (κ3) is 4.09. The Kier molecular flexibility index (Phi) is 5.18. The molecule has 0 unspecified atom stereocenters. The SMILES string of the molecule is O=C(c1cc(-c2cccc(CO)c2)ccn1)N(O)Cc1ccccc1. The summed E-state index contributed by atoms with van der Waals surface area (Å²) in [5.41, 5.74) is 3.43. The van der Waals surface area contributed by atoms with Crippen molar-refractivity contribution in [3.05, 3.63) is 89.7 Å². The van der Waals surface area contributed by atoms with Gasteiger partial charge in [-0.25, -0.2) is 5.06 Å². The number of aliphatic hydroxyl groups excluding tert-OH is 1. The molecule has 1 aromatic heterocycles. The topological polar surface area (TPSA) is 73.7 Å². The fraction of sp³-hybridized carbons (Fsp3) is 0.100. The van der Waals surface area contributed by atoms with Gasteiger partial charge in [0.05, 0.1) is 13.2 Å². The van der Waals surface area contributed by atoms with Gasteiger partial charge in [-0.1, -0.05) is 48.5 Å². The average Bonchev–Trinajstić information content (AvgIpc) is 2.68. The maximum atomic E-state index is 12.4. The molecular formula is C20H18N2O3. The predicted molar refractivity (Wildman–Crippen MR) is 93.7 cm³/mol. The van der Waals surface area contributed by atoms with E-state index in [9.17, 15) is 15.1 Å². The zero-order valence-electron chi connectivity index (χ0n) is 13.5. The maximum Gasteiger partial charge on any atom is 0.296 e. The number of carbonyl (C=O) groups is 1. The van der Waals surface area contributed by atoms with Crippen molar-refractivity contribution in [3.8, 4) is 11.1 Å². The lowest BCUT2D eigenvalue weighted by Crippen LogP contribution is -2.27. The van der Waals surface area contributed by atoms with Gasteiger partial charge in [-0.3, -0.25) is 15.0 Å². The molecule has 25 heavy (non-hydrogen) atoms. The van der Waals surface area contributed by atoms with Crippen LogP contribution in [0.5, 0.6) is 0 Å². The molecule has 3 aromatic rings. The van der Waals surface area contributed by atoms with Gasteiger partial charge < -0.3 is 5.11 Å². The molecule has 0 bridgehead atoms. The third-order valence-electron chi connectivity index (χ3n) is 3.83. The molecule has 0 aliphatic heterocycles. The largest absolute Gasteiger partial charge is 0.392 e. The number of benzene rings is 2. The first-order chi connectivity index (χ1) is 12.2. The molecule has 0 spiro atoms. The van der Waals surface area contributed by atoms with E-state index in [2.05, 4.69) is 4.98 Å². The molecule has 2 N–H and O–H groups in total. The van der Waals surface area contributed by atoms with Crippen LogP contribution in [0.25, 0.3) is 11.1 Å². The summed E-state index contributed by atoms with van der Waals surface area (Å²) in [5.74, 6) is -0.566. The summed E-state index contributed by atoms with van der Waals surface area (Å²) in [6.45, 7) is 0.0395. The first kappa shape index (κ1) is 16.8. The molecule has 3 rings (SSSR count). The fourth-order valence-corrected chi connectivity index (χ4v) is 2.54. The highest BCUT2D eigenvalue weighted by Gasteiger charge is 2.16. The Hall–Kier alpha value is -3.02. The Morgan fingerprint density at radius 3 is 2.40 bits per heavy atom. The molecule has 0 saturated carbocycles. The molecular weight excluding hydrogens is 316 g/mol. The van der Waals surface area contributed by atoms with Crippen LogP contribution in [-0.4, -0.2) is 26.3 Å². The number of nitrogens with zero attached hydrogens (tertiary/aromatic N) is 2. The summed E-state index contributed by atoms with van der Waals surface area (Å²) < 4.78 is 0. The van der Waals surface area contributed by atoms with E-state index < -0.39 is 5.91 Å². The molecule has 0 aliphatic carbocycles. The predicted octanol–water partition coefficient (Wildman–Crippen LogP) is 3.27. The number of pyridine rings is 1. The Bertz CT molecular complexity index is 866. The van der Waals surface area contributed by atoms with Crippen molar-refractivity contribution in [2.24, 2.45) is 0 Å². The minimum absolute atomic E-state index is 0.0494. The van der Waals surface area contributed by atoms with E-state index in [1.807, 2.05) is 54.6 Å². The van der Waals surface area contributed by atoms with Gasteiger partial charge in [-0.2, -0.15) is 0 Å². The van der Waals surface area contributed by atoms with Crippen molar-refractivity contribution in [2.45, 2.75) is 13.2 Å². The smallest absolute Gasteiger partial charge is 0.296 e. The third-order valence-corrected chi connectivity index (χ3v) is 3.83. The van der Waals surface area contributed by atoms with E-state index in [-0.39, 0.29) is 18.8 Å². The van der Waals surface area contributed by atoms with Gasteiger partial charge in [0.1, 0.15) is 5.69 Å². The molecule has 5 heteroatoms. The number of carbonyl (C=O) groups excluding carboxylic acids is 1. The first-order valence-electron chi connectivity index (χ1n) is 7.88. The van der Waals surface area contributed by atoms with Crippen LogP contribution in [-0.2, 0) is 13.2 Å². The average molecular weight is 334 g/mol. The summed E-state index contributed by atoms with van der Waals surface area (Å²) in [4.78, 5) is 16.5. The quantitative estimate of drug-likeness (QED) is 0.555. The number of rotatable bonds is 5. The van der Waals surface area contributed by atoms with E-state index in [0.29, 0.717) is 5.06 Å². The second-order valence-corrected chi connectivity index (χ2v) is 5.64. The molecule has 0 fully saturated rings. The highest BCUT2D eigenvalue weighted by molar-refractivity contribution is 5.92. The van der Waals surface area contributed by atoms with Crippen molar-refractivity contribution < 1.29 is 15.1 Å². The van der Waals surface area contributed by atoms with Crippen LogP contribution in [0.15, 0.2) is 72.9 Å². The Morgan fingerprint density at radius 2 is 1.64 bits per heavy atom. The number of hydrogen-bond acceptors (Lipinski definition) is 4. The zero-order valence-corrected chi connectivity index (χ0v) is 13.5. The van der Waals surface area contributed by atoms with Crippen LogP contribution in [0.1, 0.15) is 21.6 Å². The van der Waals surface area contributed by atoms with Crippen LogP contribution in [0.3, 0.4) is 0 Å². The standard InChI is InChI=1S/C20H18N2O3/c23-14-16-7-4-8-17(11-16)18-9-10-21-19(12-18)20(24)22(25)13-15-5-2-1-3-6-15/h1-12,23,25H,13-14H2. The lowest BCUT2D eigenvalue weighted by Gasteiger charge is -2.15. The van der Waals surface area contributed by atoms with Gasteiger partial charge in [0.2, 0.25) is 0 Å². The fourth-order valence-electron chi connectivity index (χ4n) is 2.54. The van der Waals surface area contributed by atoms with Gasteiger partial charge in [-0.15, -0.1) is 0 Å². The van der Waals surface area contributed by atoms with Crippen molar-refractivity contribution in [2.75, 3.05) is 0 Å². The highest BCUT2D eigenvalue weighted by atomic mass is 16.5. The molecule has 2 aromatic carbocycles. The van der Waals surface area contributed by atoms with Crippen LogP contribution in [0, 0.1) is 0 Å². The molecule has 0 saturated heterocycles. The summed E-state index contributed by atoms with van der Waals surface area (Å²) in [6.07, 6.45) is 1.53. The molecule has 1 heterocycles. The van der Waals surface area contributed by atoms with E-state index in [0.717, 1.165) is 22.3 Å². The van der Waals surface area contributed by atoms with Crippen molar-refractivity contribution in [3.63, 3.8) is 0 Å². The number of hydroxylamine groups is 2. The van der Waals surface area contributed by atoms with Crippen molar-refractivity contribution >= 4 is 5.91 Å². The van der Waals surface area contributed by atoms with E-state index in [1.165, 1.54) is 6.20 Å². The number of amides is 1. The van der Waals surface area contributed by atoms with Crippen LogP contribution in [0.4, 0.5) is 0 Å². The summed E-state index contributed by atoms with van der Waals surface area (Å²) >= 11 is 0. The monoisotopic (exact) mass is 334 g/mol. The zero-order chi connectivity index (χ0) is 17.6. The Labute approximate surface area is 145 Å². The molecule has 0 radical (unpaired) electrons. The molecule has 5 nitrogen and oxygen atoms in total. The number of hydrogen-bond donors (Lipinski definition) is 2. The minimum Gasteiger partial charge on any atom is -0.392 e. The van der Waals surface area contributed by atoms with Gasteiger partial charge in [0, 0.05) is 6.20 Å². The van der Waals surface area contributed by atoms with E-state index in [4.69, 9.17) is 0 Å². The molecule has 0 aliphatic rings. The van der Waals surface area contributed by atoms with Crippen LogP contribution in [0.2, 0.25) is 0 Å². The number of aliphatic hydroxyl groups is 1. The van der Waals surface area contributed by atoms with E-state index in [1.54, 1.807) is 12.1 Å². The highest BCUT2D eigenvalue weighted by Crippen LogP contribution is 2.21. The molecule has 0 atom stereocenters. The van der Waals surface area contributed by atoms with Gasteiger partial charge in [0.25, 0.3) is 5.91 Å². The van der Waals surface area contributed by atoms with Crippen molar-refractivity contribution in [1.29, 1.82) is 0 Å². The first-order valence-corrected chi connectivity index (χ1v) is 7.88. The number of aromatic nitrogens is 1. The summed E-state index contributed by atoms with van der Waals surface area (Å²) in [5, 5.41) is 20.0. The van der Waals surface area contributed by atoms with E-state index >= 15 is 0 Å². The van der Waals surface area contributed by atoms with Gasteiger partial charge >= 0.3 is 0 Å². The van der Waals surface area contributed by atoms with Crippen LogP contribution < -0.4 is 0 Å². The summed E-state index contributed by atoms with van der Waals surface area (Å²) in [7, 11) is 0.